The number of aromatic nitrogens is 3. The molecule has 0 spiro atoms. The molecule has 0 atom stereocenters. The maximum atomic E-state index is 6.22. The van der Waals surface area contributed by atoms with Crippen LogP contribution in [0, 0.1) is 6.92 Å². The lowest BCUT2D eigenvalue weighted by atomic mass is 10.2. The van der Waals surface area contributed by atoms with E-state index in [2.05, 4.69) is 26.0 Å². The van der Waals surface area contributed by atoms with Crippen LogP contribution < -0.4 is 0 Å². The van der Waals surface area contributed by atoms with Crippen LogP contribution in [0.25, 0.3) is 5.65 Å². The first kappa shape index (κ1) is 11.2. The summed E-state index contributed by atoms with van der Waals surface area (Å²) in [5, 5.41) is 4.72. The molecule has 0 unspecified atom stereocenters. The second kappa shape index (κ2) is 4.28. The number of fused-ring (bicyclic) bond motifs is 1. The van der Waals surface area contributed by atoms with Gasteiger partial charge in [-0.25, -0.2) is 9.50 Å². The minimum Gasteiger partial charge on any atom is -0.232 e. The van der Waals surface area contributed by atoms with Gasteiger partial charge in [0.15, 0.2) is 5.65 Å². The lowest BCUT2D eigenvalue weighted by molar-refractivity contribution is 0.897. The molecule has 0 N–H and O–H groups in total. The quantitative estimate of drug-likeness (QED) is 0.630. The van der Waals surface area contributed by atoms with Crippen molar-refractivity contribution in [1.29, 1.82) is 0 Å². The number of halogens is 3. The van der Waals surface area contributed by atoms with Crippen molar-refractivity contribution >= 4 is 44.8 Å². The molecule has 80 valence electrons. The maximum absolute atomic E-state index is 6.22. The summed E-state index contributed by atoms with van der Waals surface area (Å²) >= 11 is 15.3. The fourth-order valence-electron chi connectivity index (χ4n) is 1.45. The summed E-state index contributed by atoms with van der Waals surface area (Å²) in [6.45, 7) is 1.92. The molecule has 15 heavy (non-hydrogen) atoms. The second-order valence-corrected chi connectivity index (χ2v) is 4.72. The molecule has 2 aromatic rings. The summed E-state index contributed by atoms with van der Waals surface area (Å²) in [5.74, 6) is 0.524. The molecule has 0 saturated heterocycles. The summed E-state index contributed by atoms with van der Waals surface area (Å²) in [6, 6.07) is 0. The Kier molecular flexibility index (Phi) is 3.19. The Morgan fingerprint density at radius 3 is 2.93 bits per heavy atom. The van der Waals surface area contributed by atoms with Crippen LogP contribution in [-0.4, -0.2) is 20.5 Å². The average molecular weight is 309 g/mol. The van der Waals surface area contributed by atoms with Crippen LogP contribution in [0.3, 0.4) is 0 Å². The Morgan fingerprint density at radius 1 is 1.53 bits per heavy atom. The second-order valence-electron chi connectivity index (χ2n) is 3.13. The maximum Gasteiger partial charge on any atom is 0.171 e. The average Bonchev–Trinajstić information content (AvgIpc) is 2.55. The van der Waals surface area contributed by atoms with E-state index in [1.54, 1.807) is 10.7 Å². The zero-order valence-electron chi connectivity index (χ0n) is 7.97. The number of aryl methyl sites for hydroxylation is 1. The third kappa shape index (κ3) is 1.86. The standard InChI is InChI=1S/C9H8BrCl2N3/c1-5-6(2-3-11)8(12)15-9(14-5)7(10)4-13-15/h4H,2-3H2,1H3. The van der Waals surface area contributed by atoms with Crippen molar-refractivity contribution in [3.8, 4) is 0 Å². The lowest BCUT2D eigenvalue weighted by Gasteiger charge is -2.07. The first-order valence-electron chi connectivity index (χ1n) is 4.39. The molecule has 3 nitrogen and oxygen atoms in total. The number of alkyl halides is 1. The van der Waals surface area contributed by atoms with E-state index in [0.717, 1.165) is 21.4 Å². The van der Waals surface area contributed by atoms with Gasteiger partial charge in [0.05, 0.1) is 10.7 Å². The van der Waals surface area contributed by atoms with Crippen molar-refractivity contribution in [2.45, 2.75) is 13.3 Å². The van der Waals surface area contributed by atoms with Gasteiger partial charge in [0.25, 0.3) is 0 Å². The smallest absolute Gasteiger partial charge is 0.171 e. The van der Waals surface area contributed by atoms with Crippen molar-refractivity contribution in [3.63, 3.8) is 0 Å². The molecule has 6 heteroatoms. The molecule has 0 fully saturated rings. The normalized spacial score (nSPS) is 11.2. The van der Waals surface area contributed by atoms with E-state index in [1.807, 2.05) is 6.92 Å². The molecule has 0 saturated carbocycles. The highest BCUT2D eigenvalue weighted by Crippen LogP contribution is 2.24. The first-order valence-corrected chi connectivity index (χ1v) is 6.10. The van der Waals surface area contributed by atoms with Crippen molar-refractivity contribution in [2.75, 3.05) is 5.88 Å². The van der Waals surface area contributed by atoms with E-state index in [4.69, 9.17) is 23.2 Å². The first-order chi connectivity index (χ1) is 7.15. The summed E-state index contributed by atoms with van der Waals surface area (Å²) in [5.41, 5.74) is 2.58. The minimum absolute atomic E-state index is 0.524. The summed E-state index contributed by atoms with van der Waals surface area (Å²) in [6.07, 6.45) is 2.38. The number of hydrogen-bond donors (Lipinski definition) is 0. The van der Waals surface area contributed by atoms with Crippen LogP contribution in [-0.2, 0) is 6.42 Å². The third-order valence-electron chi connectivity index (χ3n) is 2.19. The molecule has 0 aliphatic heterocycles. The predicted octanol–water partition coefficient (Wildman–Crippen LogP) is 3.23. The van der Waals surface area contributed by atoms with E-state index in [1.165, 1.54) is 0 Å². The fraction of sp³-hybridized carbons (Fsp3) is 0.333. The predicted molar refractivity (Wildman–Crippen MR) is 64.9 cm³/mol. The Labute approximate surface area is 106 Å². The van der Waals surface area contributed by atoms with Crippen molar-refractivity contribution < 1.29 is 0 Å². The topological polar surface area (TPSA) is 30.2 Å². The third-order valence-corrected chi connectivity index (χ3v) is 3.33. The Balaban J connectivity index is 2.73. The van der Waals surface area contributed by atoms with Gasteiger partial charge < -0.3 is 0 Å². The van der Waals surface area contributed by atoms with Crippen molar-refractivity contribution in [1.82, 2.24) is 14.6 Å². The monoisotopic (exact) mass is 307 g/mol. The van der Waals surface area contributed by atoms with Crippen LogP contribution in [0.15, 0.2) is 10.7 Å². The van der Waals surface area contributed by atoms with Crippen LogP contribution in [0.2, 0.25) is 5.15 Å². The Hall–Kier alpha value is -0.320. The van der Waals surface area contributed by atoms with Crippen LogP contribution >= 0.6 is 39.1 Å². The molecule has 2 aromatic heterocycles. The number of nitrogens with zero attached hydrogens (tertiary/aromatic N) is 3. The molecule has 0 amide bonds. The molecule has 2 heterocycles. The molecule has 0 aliphatic rings. The largest absolute Gasteiger partial charge is 0.232 e. The van der Waals surface area contributed by atoms with Gasteiger partial charge in [-0.2, -0.15) is 5.10 Å². The molecule has 0 aliphatic carbocycles. The molecular weight excluding hydrogens is 301 g/mol. The zero-order valence-corrected chi connectivity index (χ0v) is 11.1. The summed E-state index contributed by atoms with van der Waals surface area (Å²) in [7, 11) is 0. The molecule has 0 bridgehead atoms. The van der Waals surface area contributed by atoms with Gasteiger partial charge in [0.2, 0.25) is 0 Å². The highest BCUT2D eigenvalue weighted by atomic mass is 79.9. The highest BCUT2D eigenvalue weighted by Gasteiger charge is 2.13. The van der Waals surface area contributed by atoms with Crippen molar-refractivity contribution in [2.24, 2.45) is 0 Å². The van der Waals surface area contributed by atoms with Gasteiger partial charge in [-0.15, -0.1) is 11.6 Å². The van der Waals surface area contributed by atoms with Crippen LogP contribution in [0.1, 0.15) is 11.3 Å². The zero-order chi connectivity index (χ0) is 11.0. The molecular formula is C9H8BrCl2N3. The van der Waals surface area contributed by atoms with E-state index in [-0.39, 0.29) is 0 Å². The fourth-order valence-corrected chi connectivity index (χ4v) is 2.34. The van der Waals surface area contributed by atoms with E-state index in [9.17, 15) is 0 Å². The van der Waals surface area contributed by atoms with Gasteiger partial charge >= 0.3 is 0 Å². The van der Waals surface area contributed by atoms with Gasteiger partial charge in [-0.05, 0) is 29.3 Å². The highest BCUT2D eigenvalue weighted by molar-refractivity contribution is 9.10. The molecule has 0 radical (unpaired) electrons. The molecule has 2 rings (SSSR count). The van der Waals surface area contributed by atoms with E-state index < -0.39 is 0 Å². The van der Waals surface area contributed by atoms with Gasteiger partial charge in [0.1, 0.15) is 5.15 Å². The van der Waals surface area contributed by atoms with E-state index >= 15 is 0 Å². The van der Waals surface area contributed by atoms with E-state index in [0.29, 0.717) is 17.5 Å². The summed E-state index contributed by atoms with van der Waals surface area (Å²) < 4.78 is 2.45. The van der Waals surface area contributed by atoms with Crippen molar-refractivity contribution in [3.05, 3.63) is 27.1 Å². The van der Waals surface area contributed by atoms with Gasteiger partial charge in [-0.1, -0.05) is 11.6 Å². The Bertz CT molecular complexity index is 510. The SMILES string of the molecule is Cc1nc2c(Br)cnn2c(Cl)c1CCCl. The molecule has 0 aromatic carbocycles. The summed E-state index contributed by atoms with van der Waals surface area (Å²) in [4.78, 5) is 4.43. The number of rotatable bonds is 2. The van der Waals surface area contributed by atoms with Gasteiger partial charge in [0, 0.05) is 17.1 Å². The lowest BCUT2D eigenvalue weighted by Crippen LogP contribution is -2.03. The number of hydrogen-bond acceptors (Lipinski definition) is 2. The Morgan fingerprint density at radius 2 is 2.27 bits per heavy atom. The van der Waals surface area contributed by atoms with Crippen LogP contribution in [0.4, 0.5) is 0 Å². The minimum atomic E-state index is 0.524. The van der Waals surface area contributed by atoms with Crippen LogP contribution in [0.5, 0.6) is 0 Å². The van der Waals surface area contributed by atoms with Gasteiger partial charge in [-0.3, -0.25) is 0 Å².